The number of nitrogens with one attached hydrogen (secondary N) is 2. The van der Waals surface area contributed by atoms with Gasteiger partial charge in [-0.2, -0.15) is 18.3 Å². The number of nitrogens with zero attached hydrogens (tertiary/aromatic N) is 4. The molecule has 2 aromatic carbocycles. The molecule has 1 atom stereocenters. The SMILES string of the molecule is NC1=NC=NN2CC(CN3CCOCC3)C(c3ccc(NC(=O)Nc4cc(C(F)(F)F)ccc4F)cc3)=C12. The first kappa shape index (κ1) is 25.7. The number of carbonyl (C=O) groups is 1. The molecule has 13 heteroatoms. The number of ether oxygens (including phenoxy) is 1. The fourth-order valence-electron chi connectivity index (χ4n) is 4.74. The topological polar surface area (TPSA) is 108 Å². The molecule has 2 aromatic rings. The van der Waals surface area contributed by atoms with Crippen LogP contribution in [0.25, 0.3) is 5.57 Å². The highest BCUT2D eigenvalue weighted by Crippen LogP contribution is 2.38. The lowest BCUT2D eigenvalue weighted by Crippen LogP contribution is -2.40. The Labute approximate surface area is 215 Å². The van der Waals surface area contributed by atoms with E-state index >= 15 is 0 Å². The molecule has 38 heavy (non-hydrogen) atoms. The van der Waals surface area contributed by atoms with Crippen LogP contribution in [-0.2, 0) is 10.9 Å². The summed E-state index contributed by atoms with van der Waals surface area (Å²) in [6.07, 6.45) is -3.24. The van der Waals surface area contributed by atoms with Gasteiger partial charge in [0.2, 0.25) is 0 Å². The van der Waals surface area contributed by atoms with E-state index in [0.717, 1.165) is 36.5 Å². The van der Waals surface area contributed by atoms with Crippen molar-refractivity contribution in [3.8, 4) is 0 Å². The first-order chi connectivity index (χ1) is 18.2. The van der Waals surface area contributed by atoms with E-state index in [-0.39, 0.29) is 5.92 Å². The van der Waals surface area contributed by atoms with Crippen LogP contribution in [0.2, 0.25) is 0 Å². The van der Waals surface area contributed by atoms with Gasteiger partial charge >= 0.3 is 12.2 Å². The fraction of sp³-hybridized carbons (Fsp3) is 0.320. The average Bonchev–Trinajstić information content (AvgIpc) is 3.25. The van der Waals surface area contributed by atoms with Crippen LogP contribution in [0.3, 0.4) is 0 Å². The zero-order valence-corrected chi connectivity index (χ0v) is 20.1. The number of morpholine rings is 1. The van der Waals surface area contributed by atoms with Crippen LogP contribution >= 0.6 is 0 Å². The Morgan fingerprint density at radius 2 is 1.84 bits per heavy atom. The smallest absolute Gasteiger partial charge is 0.382 e. The van der Waals surface area contributed by atoms with E-state index in [2.05, 4.69) is 25.6 Å². The van der Waals surface area contributed by atoms with E-state index in [1.807, 2.05) is 17.1 Å². The van der Waals surface area contributed by atoms with E-state index in [0.29, 0.717) is 49.5 Å². The van der Waals surface area contributed by atoms with Crippen molar-refractivity contribution < 1.29 is 27.1 Å². The zero-order chi connectivity index (χ0) is 26.9. The summed E-state index contributed by atoms with van der Waals surface area (Å²) in [4.78, 5) is 18.9. The van der Waals surface area contributed by atoms with E-state index in [1.54, 1.807) is 12.1 Å². The molecule has 1 fully saturated rings. The molecule has 0 saturated carbocycles. The number of anilines is 2. The molecule has 3 aliphatic heterocycles. The third-order valence-corrected chi connectivity index (χ3v) is 6.52. The second-order valence-corrected chi connectivity index (χ2v) is 9.05. The minimum Gasteiger partial charge on any atom is -0.382 e. The number of hydrogen-bond donors (Lipinski definition) is 3. The highest BCUT2D eigenvalue weighted by molar-refractivity contribution is 6.08. The Bertz CT molecular complexity index is 1300. The summed E-state index contributed by atoms with van der Waals surface area (Å²) in [6, 6.07) is 7.85. The number of alkyl halides is 3. The van der Waals surface area contributed by atoms with Gasteiger partial charge in [0.15, 0.2) is 5.84 Å². The number of amides is 2. The molecule has 5 rings (SSSR count). The highest BCUT2D eigenvalue weighted by atomic mass is 19.4. The maximum absolute atomic E-state index is 14.0. The Morgan fingerprint density at radius 3 is 2.55 bits per heavy atom. The van der Waals surface area contributed by atoms with Crippen LogP contribution in [0, 0.1) is 11.7 Å². The van der Waals surface area contributed by atoms with Gasteiger partial charge in [0.1, 0.15) is 17.9 Å². The first-order valence-electron chi connectivity index (χ1n) is 11.9. The number of aliphatic imine (C=N–C) groups is 1. The average molecular weight is 532 g/mol. The second-order valence-electron chi connectivity index (χ2n) is 9.05. The Hall–Kier alpha value is -3.97. The molecule has 4 N–H and O–H groups in total. The molecule has 0 bridgehead atoms. The highest BCUT2D eigenvalue weighted by Gasteiger charge is 2.36. The summed E-state index contributed by atoms with van der Waals surface area (Å²) in [5, 5.41) is 10.8. The maximum atomic E-state index is 14.0. The van der Waals surface area contributed by atoms with Crippen molar-refractivity contribution in [1.82, 2.24) is 9.91 Å². The van der Waals surface area contributed by atoms with Gasteiger partial charge in [0, 0.05) is 31.2 Å². The predicted octanol–water partition coefficient (Wildman–Crippen LogP) is 3.78. The van der Waals surface area contributed by atoms with Gasteiger partial charge in [-0.15, -0.1) is 0 Å². The summed E-state index contributed by atoms with van der Waals surface area (Å²) < 4.78 is 58.3. The van der Waals surface area contributed by atoms with Crippen LogP contribution in [0.1, 0.15) is 11.1 Å². The van der Waals surface area contributed by atoms with Gasteiger partial charge in [-0.05, 0) is 41.5 Å². The molecular formula is C25H25F4N7O2. The minimum atomic E-state index is -4.67. The Balaban J connectivity index is 1.33. The van der Waals surface area contributed by atoms with E-state index in [1.165, 1.54) is 6.34 Å². The zero-order valence-electron chi connectivity index (χ0n) is 20.1. The molecule has 9 nitrogen and oxygen atoms in total. The Kier molecular flexibility index (Phi) is 7.04. The van der Waals surface area contributed by atoms with Crippen LogP contribution < -0.4 is 16.4 Å². The van der Waals surface area contributed by atoms with Crippen molar-refractivity contribution >= 4 is 35.2 Å². The van der Waals surface area contributed by atoms with Crippen LogP contribution in [-0.4, -0.2) is 67.5 Å². The summed E-state index contributed by atoms with van der Waals surface area (Å²) in [5.74, 6) is -0.523. The molecule has 2 amide bonds. The van der Waals surface area contributed by atoms with Crippen molar-refractivity contribution in [3.63, 3.8) is 0 Å². The van der Waals surface area contributed by atoms with E-state index in [4.69, 9.17) is 10.5 Å². The number of amidine groups is 1. The monoisotopic (exact) mass is 531 g/mol. The van der Waals surface area contributed by atoms with Crippen molar-refractivity contribution in [3.05, 3.63) is 65.1 Å². The van der Waals surface area contributed by atoms with Crippen molar-refractivity contribution in [2.24, 2.45) is 21.7 Å². The molecule has 0 radical (unpaired) electrons. The number of hydrazone groups is 1. The molecular weight excluding hydrogens is 506 g/mol. The van der Waals surface area contributed by atoms with E-state index < -0.39 is 29.3 Å². The standard InChI is InChI=1S/C25H25F4N7O2/c26-19-6-3-17(25(27,28)29)11-20(19)34-24(37)33-18-4-1-15(2-5-18)21-16(12-35-7-9-38-10-8-35)13-36-22(21)23(30)31-14-32-36/h1-6,11,14,16H,7-10,12-13H2,(H2,30,31,32)(H2,33,34,37). The van der Waals surface area contributed by atoms with Gasteiger partial charge in [-0.3, -0.25) is 9.91 Å². The molecule has 3 aliphatic rings. The lowest BCUT2D eigenvalue weighted by Gasteiger charge is -2.30. The third-order valence-electron chi connectivity index (χ3n) is 6.52. The number of hydrogen-bond acceptors (Lipinski definition) is 7. The van der Waals surface area contributed by atoms with Crippen molar-refractivity contribution in [2.45, 2.75) is 6.18 Å². The molecule has 3 heterocycles. The van der Waals surface area contributed by atoms with Crippen molar-refractivity contribution in [1.29, 1.82) is 0 Å². The molecule has 200 valence electrons. The third kappa shape index (κ3) is 5.48. The summed E-state index contributed by atoms with van der Waals surface area (Å²) >= 11 is 0. The molecule has 1 unspecified atom stereocenters. The van der Waals surface area contributed by atoms with Crippen molar-refractivity contribution in [2.75, 3.05) is 50.0 Å². The van der Waals surface area contributed by atoms with Crippen LogP contribution in [0.15, 0.2) is 58.3 Å². The van der Waals surface area contributed by atoms with Crippen LogP contribution in [0.4, 0.5) is 33.7 Å². The van der Waals surface area contributed by atoms with Gasteiger partial charge in [-0.25, -0.2) is 14.2 Å². The van der Waals surface area contributed by atoms with Gasteiger partial charge < -0.3 is 21.1 Å². The summed E-state index contributed by atoms with van der Waals surface area (Å²) in [5.41, 5.74) is 7.53. The minimum absolute atomic E-state index is 0.0955. The second kappa shape index (κ2) is 10.4. The first-order valence-corrected chi connectivity index (χ1v) is 11.9. The number of rotatable bonds is 5. The summed E-state index contributed by atoms with van der Waals surface area (Å²) in [7, 11) is 0. The number of benzene rings is 2. The lowest BCUT2D eigenvalue weighted by atomic mass is 9.92. The van der Waals surface area contributed by atoms with Gasteiger partial charge in [-0.1, -0.05) is 12.1 Å². The van der Waals surface area contributed by atoms with Crippen LogP contribution in [0.5, 0.6) is 0 Å². The number of fused-ring (bicyclic) bond motifs is 1. The normalized spacial score (nSPS) is 19.8. The molecule has 0 aromatic heterocycles. The summed E-state index contributed by atoms with van der Waals surface area (Å²) in [6.45, 7) is 4.44. The predicted molar refractivity (Wildman–Crippen MR) is 135 cm³/mol. The van der Waals surface area contributed by atoms with Gasteiger partial charge in [0.05, 0.1) is 31.0 Å². The quantitative estimate of drug-likeness (QED) is 0.509. The maximum Gasteiger partial charge on any atom is 0.416 e. The van der Waals surface area contributed by atoms with Gasteiger partial charge in [0.25, 0.3) is 0 Å². The largest absolute Gasteiger partial charge is 0.416 e. The molecule has 0 aliphatic carbocycles. The Morgan fingerprint density at radius 1 is 1.11 bits per heavy atom. The number of carbonyl (C=O) groups excluding carboxylic acids is 1. The number of urea groups is 1. The lowest BCUT2D eigenvalue weighted by molar-refractivity contribution is -0.137. The molecule has 0 spiro atoms. The number of halogens is 4. The molecule has 1 saturated heterocycles. The fourth-order valence-corrected chi connectivity index (χ4v) is 4.74. The number of nitrogens with two attached hydrogens (primary N) is 1. The van der Waals surface area contributed by atoms with E-state index in [9.17, 15) is 22.4 Å².